The molecule has 0 saturated carbocycles. The quantitative estimate of drug-likeness (QED) is 0.591. The number of thiophene rings is 1. The lowest BCUT2D eigenvalue weighted by molar-refractivity contribution is -0.146. The molecule has 1 aromatic carbocycles. The first-order chi connectivity index (χ1) is 13.8. The molecule has 0 aliphatic heterocycles. The number of fused-ring (bicyclic) bond motifs is 1. The Labute approximate surface area is 171 Å². The predicted molar refractivity (Wildman–Crippen MR) is 108 cm³/mol. The number of nitrogens with two attached hydrogens (primary N) is 1. The first-order valence-corrected chi connectivity index (χ1v) is 9.91. The molecular formula is C20H21N3O5S. The molecule has 29 heavy (non-hydrogen) atoms. The minimum Gasteiger partial charge on any atom is -0.454 e. The zero-order valence-electron chi connectivity index (χ0n) is 15.9. The number of amides is 3. The van der Waals surface area contributed by atoms with E-state index in [0.29, 0.717) is 16.1 Å². The maximum absolute atomic E-state index is 12.1. The van der Waals surface area contributed by atoms with Crippen molar-refractivity contribution in [1.29, 1.82) is 0 Å². The average molecular weight is 415 g/mol. The molecule has 0 fully saturated rings. The number of rotatable bonds is 7. The van der Waals surface area contributed by atoms with Crippen LogP contribution in [0.25, 0.3) is 0 Å². The fraction of sp³-hybridized carbons (Fsp3) is 0.300. The SMILES string of the molecule is Cc1ccc(C(=O)NCC(=O)OCC(=O)Nc2sc3c(c2C(N)=O)CCC3)cc1. The number of hydrogen-bond donors (Lipinski definition) is 3. The van der Waals surface area contributed by atoms with Gasteiger partial charge in [0.15, 0.2) is 6.61 Å². The Kier molecular flexibility index (Phi) is 6.28. The molecule has 1 aliphatic carbocycles. The van der Waals surface area contributed by atoms with Gasteiger partial charge in [-0.25, -0.2) is 0 Å². The van der Waals surface area contributed by atoms with Crippen molar-refractivity contribution in [3.05, 3.63) is 51.4 Å². The third-order valence-electron chi connectivity index (χ3n) is 4.49. The highest BCUT2D eigenvalue weighted by Gasteiger charge is 2.26. The summed E-state index contributed by atoms with van der Waals surface area (Å²) < 4.78 is 4.88. The highest BCUT2D eigenvalue weighted by molar-refractivity contribution is 7.17. The van der Waals surface area contributed by atoms with Gasteiger partial charge in [0.2, 0.25) is 0 Å². The summed E-state index contributed by atoms with van der Waals surface area (Å²) in [4.78, 5) is 48.6. The van der Waals surface area contributed by atoms with Crippen LogP contribution in [0.1, 0.15) is 43.1 Å². The van der Waals surface area contributed by atoms with Gasteiger partial charge in [-0.2, -0.15) is 0 Å². The second-order valence-corrected chi connectivity index (χ2v) is 7.79. The fourth-order valence-corrected chi connectivity index (χ4v) is 4.38. The Hall–Kier alpha value is -3.20. The summed E-state index contributed by atoms with van der Waals surface area (Å²) in [5.41, 5.74) is 8.12. The largest absolute Gasteiger partial charge is 0.454 e. The van der Waals surface area contributed by atoms with E-state index in [0.717, 1.165) is 35.3 Å². The van der Waals surface area contributed by atoms with Crippen LogP contribution in [0.2, 0.25) is 0 Å². The Morgan fingerprint density at radius 2 is 1.86 bits per heavy atom. The van der Waals surface area contributed by atoms with Crippen LogP contribution in [-0.4, -0.2) is 36.8 Å². The molecule has 8 nitrogen and oxygen atoms in total. The molecule has 9 heteroatoms. The Morgan fingerprint density at radius 1 is 1.14 bits per heavy atom. The van der Waals surface area contributed by atoms with Crippen molar-refractivity contribution in [2.75, 3.05) is 18.5 Å². The monoisotopic (exact) mass is 415 g/mol. The number of aryl methyl sites for hydroxylation is 2. The summed E-state index contributed by atoms with van der Waals surface area (Å²) in [5, 5.41) is 5.41. The van der Waals surface area contributed by atoms with Gasteiger partial charge in [-0.05, 0) is 43.9 Å². The molecule has 1 heterocycles. The topological polar surface area (TPSA) is 128 Å². The van der Waals surface area contributed by atoms with Crippen LogP contribution in [0.15, 0.2) is 24.3 Å². The van der Waals surface area contributed by atoms with E-state index in [1.807, 2.05) is 6.92 Å². The van der Waals surface area contributed by atoms with Crippen LogP contribution in [0.4, 0.5) is 5.00 Å². The number of hydrogen-bond acceptors (Lipinski definition) is 6. The highest BCUT2D eigenvalue weighted by Crippen LogP contribution is 2.38. The molecule has 0 saturated heterocycles. The van der Waals surface area contributed by atoms with Crippen molar-refractivity contribution < 1.29 is 23.9 Å². The zero-order chi connectivity index (χ0) is 21.0. The number of primary amides is 1. The van der Waals surface area contributed by atoms with Crippen molar-refractivity contribution in [2.24, 2.45) is 5.73 Å². The molecule has 3 amide bonds. The van der Waals surface area contributed by atoms with Crippen LogP contribution in [-0.2, 0) is 27.2 Å². The minimum absolute atomic E-state index is 0.340. The van der Waals surface area contributed by atoms with Crippen molar-refractivity contribution >= 4 is 40.0 Å². The maximum atomic E-state index is 12.1. The second-order valence-electron chi connectivity index (χ2n) is 6.68. The number of benzene rings is 1. The summed E-state index contributed by atoms with van der Waals surface area (Å²) in [6.45, 7) is 1.01. The van der Waals surface area contributed by atoms with E-state index in [1.165, 1.54) is 11.3 Å². The number of carbonyl (C=O) groups excluding carboxylic acids is 4. The highest BCUT2D eigenvalue weighted by atomic mass is 32.1. The van der Waals surface area contributed by atoms with Crippen molar-refractivity contribution in [3.63, 3.8) is 0 Å². The first kappa shape index (κ1) is 20.5. The predicted octanol–water partition coefficient (Wildman–Crippen LogP) is 1.56. The number of carbonyl (C=O) groups is 4. The Bertz CT molecular complexity index is 965. The molecule has 4 N–H and O–H groups in total. The number of nitrogens with one attached hydrogen (secondary N) is 2. The summed E-state index contributed by atoms with van der Waals surface area (Å²) in [6.07, 6.45) is 2.57. The van der Waals surface area contributed by atoms with Gasteiger partial charge in [-0.3, -0.25) is 19.2 Å². The molecule has 1 aliphatic rings. The normalized spacial score (nSPS) is 12.2. The number of ether oxygens (including phenoxy) is 1. The van der Waals surface area contributed by atoms with Gasteiger partial charge >= 0.3 is 5.97 Å². The molecule has 3 rings (SSSR count). The van der Waals surface area contributed by atoms with Crippen LogP contribution < -0.4 is 16.4 Å². The molecule has 0 unspecified atom stereocenters. The summed E-state index contributed by atoms with van der Waals surface area (Å²) >= 11 is 1.32. The van der Waals surface area contributed by atoms with E-state index in [1.54, 1.807) is 24.3 Å². The van der Waals surface area contributed by atoms with Crippen LogP contribution in [0.3, 0.4) is 0 Å². The zero-order valence-corrected chi connectivity index (χ0v) is 16.7. The molecule has 1 aromatic heterocycles. The lowest BCUT2D eigenvalue weighted by Gasteiger charge is -2.08. The summed E-state index contributed by atoms with van der Waals surface area (Å²) in [5.74, 6) is -2.32. The van der Waals surface area contributed by atoms with Crippen LogP contribution in [0, 0.1) is 6.92 Å². The number of esters is 1. The summed E-state index contributed by atoms with van der Waals surface area (Å²) in [7, 11) is 0. The minimum atomic E-state index is -0.746. The third kappa shape index (κ3) is 5.00. The van der Waals surface area contributed by atoms with E-state index in [9.17, 15) is 19.2 Å². The third-order valence-corrected chi connectivity index (χ3v) is 5.70. The van der Waals surface area contributed by atoms with Crippen molar-refractivity contribution in [1.82, 2.24) is 5.32 Å². The molecule has 0 bridgehead atoms. The molecule has 0 radical (unpaired) electrons. The standard InChI is InChI=1S/C20H21N3O5S/c1-11-5-7-12(8-6-11)19(27)22-9-16(25)28-10-15(24)23-20-17(18(21)26)13-3-2-4-14(13)29-20/h5-8H,2-4,9-10H2,1H3,(H2,21,26)(H,22,27)(H,23,24). The molecule has 2 aromatic rings. The van der Waals surface area contributed by atoms with Gasteiger partial charge < -0.3 is 21.1 Å². The van der Waals surface area contributed by atoms with Gasteiger partial charge in [-0.1, -0.05) is 17.7 Å². The summed E-state index contributed by atoms with van der Waals surface area (Å²) in [6, 6.07) is 6.88. The van der Waals surface area contributed by atoms with E-state index in [-0.39, 0.29) is 6.54 Å². The van der Waals surface area contributed by atoms with E-state index in [4.69, 9.17) is 10.5 Å². The smallest absolute Gasteiger partial charge is 0.325 e. The molecular weight excluding hydrogens is 394 g/mol. The first-order valence-electron chi connectivity index (χ1n) is 9.10. The van der Waals surface area contributed by atoms with Gasteiger partial charge in [-0.15, -0.1) is 11.3 Å². The van der Waals surface area contributed by atoms with Gasteiger partial charge in [0, 0.05) is 10.4 Å². The fourth-order valence-electron chi connectivity index (χ4n) is 3.07. The van der Waals surface area contributed by atoms with E-state index < -0.39 is 30.3 Å². The number of anilines is 1. The van der Waals surface area contributed by atoms with Crippen LogP contribution in [0.5, 0.6) is 0 Å². The second kappa shape index (κ2) is 8.87. The van der Waals surface area contributed by atoms with Crippen molar-refractivity contribution in [2.45, 2.75) is 26.2 Å². The average Bonchev–Trinajstić information content (AvgIpc) is 3.25. The lowest BCUT2D eigenvalue weighted by Crippen LogP contribution is -2.32. The van der Waals surface area contributed by atoms with Crippen LogP contribution >= 0.6 is 11.3 Å². The lowest BCUT2D eigenvalue weighted by atomic mass is 10.1. The van der Waals surface area contributed by atoms with Crippen molar-refractivity contribution in [3.8, 4) is 0 Å². The van der Waals surface area contributed by atoms with Gasteiger partial charge in [0.25, 0.3) is 17.7 Å². The maximum Gasteiger partial charge on any atom is 0.325 e. The van der Waals surface area contributed by atoms with Gasteiger partial charge in [0.05, 0.1) is 5.56 Å². The molecule has 0 spiro atoms. The molecule has 152 valence electrons. The van der Waals surface area contributed by atoms with E-state index >= 15 is 0 Å². The Balaban J connectivity index is 1.47. The Morgan fingerprint density at radius 3 is 2.55 bits per heavy atom. The van der Waals surface area contributed by atoms with E-state index in [2.05, 4.69) is 10.6 Å². The molecule has 0 atom stereocenters. The van der Waals surface area contributed by atoms with Gasteiger partial charge in [0.1, 0.15) is 11.5 Å².